The number of aliphatic carboxylic acids is 1. The molecule has 0 amide bonds. The molecule has 2 aromatic heterocycles. The van der Waals surface area contributed by atoms with Gasteiger partial charge in [-0.3, -0.25) is 4.79 Å². The lowest BCUT2D eigenvalue weighted by Gasteiger charge is -2.26. The van der Waals surface area contributed by atoms with Gasteiger partial charge in [-0.05, 0) is 68.9 Å². The molecule has 188 valence electrons. The topological polar surface area (TPSA) is 174 Å². The molecule has 1 aliphatic carbocycles. The predicted octanol–water partition coefficient (Wildman–Crippen LogP) is 3.24. The van der Waals surface area contributed by atoms with Crippen LogP contribution in [0.5, 0.6) is 0 Å². The number of sulfonamides is 1. The molecule has 2 heterocycles. The number of aromatic nitrogens is 2. The van der Waals surface area contributed by atoms with E-state index in [9.17, 15) is 8.42 Å². The van der Waals surface area contributed by atoms with E-state index in [0.29, 0.717) is 17.1 Å². The number of nitrogens with two attached hydrogens (primary N) is 2. The molecule has 1 fully saturated rings. The van der Waals surface area contributed by atoms with Crippen LogP contribution >= 0.6 is 0 Å². The van der Waals surface area contributed by atoms with Gasteiger partial charge in [0.1, 0.15) is 5.82 Å². The molecular weight excluding hydrogens is 470 g/mol. The van der Waals surface area contributed by atoms with Gasteiger partial charge >= 0.3 is 0 Å². The number of carboxylic acids is 1. The monoisotopic (exact) mass is 501 g/mol. The first-order chi connectivity index (χ1) is 16.5. The van der Waals surface area contributed by atoms with Crippen molar-refractivity contribution in [2.24, 2.45) is 5.73 Å². The van der Waals surface area contributed by atoms with Crippen molar-refractivity contribution in [2.45, 2.75) is 63.4 Å². The number of nitrogens with zero attached hydrogens (tertiary/aromatic N) is 2. The highest BCUT2D eigenvalue weighted by Gasteiger charge is 2.25. The Morgan fingerprint density at radius 1 is 1.11 bits per heavy atom. The second-order valence-corrected chi connectivity index (χ2v) is 10.4. The third-order valence-corrected chi connectivity index (χ3v) is 7.25. The molecule has 1 aliphatic rings. The quantitative estimate of drug-likeness (QED) is 0.409. The number of nitrogens with one attached hydrogen (secondary N) is 1. The van der Waals surface area contributed by atoms with Crippen LogP contribution in [0.1, 0.15) is 43.9 Å². The van der Waals surface area contributed by atoms with Crippen molar-refractivity contribution in [3.63, 3.8) is 0 Å². The van der Waals surface area contributed by atoms with Crippen molar-refractivity contribution < 1.29 is 22.8 Å². The summed E-state index contributed by atoms with van der Waals surface area (Å²) in [6, 6.07) is 8.80. The number of hydrogen-bond acceptors (Lipinski definition) is 8. The van der Waals surface area contributed by atoms with E-state index in [-0.39, 0.29) is 17.0 Å². The maximum atomic E-state index is 13.0. The minimum atomic E-state index is -3.66. The maximum Gasteiger partial charge on any atom is 0.300 e. The van der Waals surface area contributed by atoms with Gasteiger partial charge in [0.2, 0.25) is 10.0 Å². The highest BCUT2D eigenvalue weighted by atomic mass is 32.2. The van der Waals surface area contributed by atoms with Crippen LogP contribution in [-0.4, -0.2) is 41.7 Å². The summed E-state index contributed by atoms with van der Waals surface area (Å²) in [5.74, 6) is 0.00135. The Morgan fingerprint density at radius 2 is 1.77 bits per heavy atom. The first kappa shape index (κ1) is 26.3. The Kier molecular flexibility index (Phi) is 8.26. The van der Waals surface area contributed by atoms with Gasteiger partial charge in [-0.15, -0.1) is 0 Å². The van der Waals surface area contributed by atoms with E-state index in [2.05, 4.69) is 14.9 Å². The molecule has 1 aromatic carbocycles. The van der Waals surface area contributed by atoms with Crippen LogP contribution < -0.4 is 16.2 Å². The van der Waals surface area contributed by atoms with E-state index >= 15 is 0 Å². The zero-order chi connectivity index (χ0) is 25.8. The Morgan fingerprint density at radius 3 is 2.37 bits per heavy atom. The van der Waals surface area contributed by atoms with Crippen molar-refractivity contribution in [1.29, 1.82) is 0 Å². The minimum absolute atomic E-state index is 0.0889. The normalized spacial score (nSPS) is 17.9. The summed E-state index contributed by atoms with van der Waals surface area (Å²) in [4.78, 5) is 13.5. The zero-order valence-corrected chi connectivity index (χ0v) is 20.8. The second-order valence-electron chi connectivity index (χ2n) is 8.72. The van der Waals surface area contributed by atoms with Crippen molar-refractivity contribution >= 4 is 21.8 Å². The van der Waals surface area contributed by atoms with E-state index in [1.807, 2.05) is 19.9 Å². The average Bonchev–Trinajstić information content (AvgIpc) is 3.21. The minimum Gasteiger partial charge on any atom is -0.481 e. The molecule has 1 saturated carbocycles. The third kappa shape index (κ3) is 6.87. The van der Waals surface area contributed by atoms with Gasteiger partial charge in [0.25, 0.3) is 5.97 Å². The van der Waals surface area contributed by atoms with Crippen LogP contribution in [0, 0.1) is 13.8 Å². The third-order valence-electron chi connectivity index (χ3n) is 5.74. The van der Waals surface area contributed by atoms with Crippen LogP contribution in [0.2, 0.25) is 0 Å². The fraction of sp³-hybridized carbons (Fsp3) is 0.375. The molecule has 0 spiro atoms. The summed E-state index contributed by atoms with van der Waals surface area (Å²) in [5.41, 5.74) is 15.8. The zero-order valence-electron chi connectivity index (χ0n) is 20.0. The SMILES string of the molecule is CC(=O)O.Cc1cc(-c2cc(-c3cc(S(=O)(=O)NC4CCC(N)CC4)ccc3C)cnc2N)on1. The van der Waals surface area contributed by atoms with Gasteiger partial charge in [-0.25, -0.2) is 18.1 Å². The van der Waals surface area contributed by atoms with Gasteiger partial charge in [0, 0.05) is 36.8 Å². The molecule has 0 radical (unpaired) electrons. The molecule has 11 heteroatoms. The first-order valence-corrected chi connectivity index (χ1v) is 12.7. The Hall–Kier alpha value is -3.28. The van der Waals surface area contributed by atoms with Crippen LogP contribution in [0.3, 0.4) is 0 Å². The van der Waals surface area contributed by atoms with Crippen LogP contribution in [0.25, 0.3) is 22.5 Å². The summed E-state index contributed by atoms with van der Waals surface area (Å²) in [6.45, 7) is 4.84. The van der Waals surface area contributed by atoms with E-state index < -0.39 is 16.0 Å². The van der Waals surface area contributed by atoms with E-state index in [4.69, 9.17) is 25.9 Å². The van der Waals surface area contributed by atoms with Gasteiger partial charge in [-0.1, -0.05) is 11.2 Å². The number of carboxylic acid groups (broad SMARTS) is 1. The molecule has 0 bridgehead atoms. The van der Waals surface area contributed by atoms with Gasteiger partial charge in [-0.2, -0.15) is 0 Å². The number of benzene rings is 1. The van der Waals surface area contributed by atoms with E-state index in [1.165, 1.54) is 0 Å². The largest absolute Gasteiger partial charge is 0.481 e. The number of aryl methyl sites for hydroxylation is 2. The Labute approximate surface area is 204 Å². The number of carbonyl (C=O) groups is 1. The Bertz CT molecular complexity index is 1290. The number of pyridine rings is 1. The molecule has 6 N–H and O–H groups in total. The summed E-state index contributed by atoms with van der Waals surface area (Å²) in [7, 11) is -3.66. The number of nitrogen functional groups attached to an aromatic ring is 1. The van der Waals surface area contributed by atoms with E-state index in [1.54, 1.807) is 30.5 Å². The number of rotatable bonds is 5. The standard InChI is InChI=1S/C22H27N5O3S.C2H4O2/c1-13-3-8-18(31(28,29)27-17-6-4-16(23)5-7-17)11-19(13)15-10-20(22(24)25-12-15)21-9-14(2)26-30-21;1-2(3)4/h3,8-12,16-17,27H,4-7,23H2,1-2H3,(H2,24,25);1H3,(H,3,4). The van der Waals surface area contributed by atoms with Gasteiger partial charge in [0.15, 0.2) is 5.76 Å². The van der Waals surface area contributed by atoms with Gasteiger partial charge < -0.3 is 21.1 Å². The lowest BCUT2D eigenvalue weighted by atomic mass is 9.93. The summed E-state index contributed by atoms with van der Waals surface area (Å²) in [6.07, 6.45) is 4.79. The molecule has 0 atom stereocenters. The molecule has 3 aromatic rings. The van der Waals surface area contributed by atoms with Crippen molar-refractivity contribution in [2.75, 3.05) is 5.73 Å². The lowest BCUT2D eigenvalue weighted by Crippen LogP contribution is -2.40. The molecule has 35 heavy (non-hydrogen) atoms. The molecule has 0 unspecified atom stereocenters. The van der Waals surface area contributed by atoms with Crippen molar-refractivity contribution in [1.82, 2.24) is 14.9 Å². The van der Waals surface area contributed by atoms with Gasteiger partial charge in [0.05, 0.1) is 16.2 Å². The van der Waals surface area contributed by atoms with Crippen LogP contribution in [-0.2, 0) is 14.8 Å². The fourth-order valence-electron chi connectivity index (χ4n) is 3.91. The predicted molar refractivity (Wildman–Crippen MR) is 133 cm³/mol. The lowest BCUT2D eigenvalue weighted by molar-refractivity contribution is -0.134. The summed E-state index contributed by atoms with van der Waals surface area (Å²) < 4.78 is 34.2. The summed E-state index contributed by atoms with van der Waals surface area (Å²) in [5, 5.41) is 11.3. The highest BCUT2D eigenvalue weighted by molar-refractivity contribution is 7.89. The number of anilines is 1. The summed E-state index contributed by atoms with van der Waals surface area (Å²) >= 11 is 0. The molecule has 0 saturated heterocycles. The second kappa shape index (κ2) is 11.0. The van der Waals surface area contributed by atoms with Crippen molar-refractivity contribution in [3.05, 3.63) is 47.8 Å². The van der Waals surface area contributed by atoms with Crippen LogP contribution in [0.4, 0.5) is 5.82 Å². The number of hydrogen-bond donors (Lipinski definition) is 4. The van der Waals surface area contributed by atoms with E-state index in [0.717, 1.165) is 55.0 Å². The average molecular weight is 502 g/mol. The fourth-order valence-corrected chi connectivity index (χ4v) is 5.25. The molecule has 4 rings (SSSR count). The maximum absolute atomic E-state index is 13.0. The molecular formula is C24H31N5O5S. The highest BCUT2D eigenvalue weighted by Crippen LogP contribution is 2.32. The van der Waals surface area contributed by atoms with Crippen molar-refractivity contribution in [3.8, 4) is 22.5 Å². The molecule has 10 nitrogen and oxygen atoms in total. The molecule has 0 aliphatic heterocycles. The Balaban J connectivity index is 0.000000795. The smallest absolute Gasteiger partial charge is 0.300 e. The first-order valence-electron chi connectivity index (χ1n) is 11.2. The van der Waals surface area contributed by atoms with Crippen LogP contribution in [0.15, 0.2) is 45.9 Å².